The Morgan fingerprint density at radius 2 is 1.05 bits per heavy atom. The third kappa shape index (κ3) is 10.3. The van der Waals surface area contributed by atoms with Crippen LogP contribution in [0.4, 0.5) is 0 Å². The van der Waals surface area contributed by atoms with E-state index in [0.717, 1.165) is 18.4 Å². The van der Waals surface area contributed by atoms with Crippen molar-refractivity contribution in [1.29, 1.82) is 0 Å². The summed E-state index contributed by atoms with van der Waals surface area (Å²) < 4.78 is 0. The first-order chi connectivity index (χ1) is 30.8. The lowest BCUT2D eigenvalue weighted by atomic mass is 9.93. The Bertz CT molecular complexity index is 2860. The average molecular weight is 837 g/mol. The molecule has 10 rings (SSSR count). The van der Waals surface area contributed by atoms with E-state index < -0.39 is 0 Å². The predicted molar refractivity (Wildman–Crippen MR) is 280 cm³/mol. The van der Waals surface area contributed by atoms with Gasteiger partial charge in [0.2, 0.25) is 0 Å². The normalized spacial score (nSPS) is 12.8. The van der Waals surface area contributed by atoms with Crippen LogP contribution in [0.5, 0.6) is 0 Å². The summed E-state index contributed by atoms with van der Waals surface area (Å²) >= 11 is 1.74. The SMILES string of the molecule is C=C1/C=C\C=C/Sc2ccc(-c3ccc(-c4ccc(C)cc4)cc3)cc21.CC.CCCc1ccc(-c2ccc3c4c(cccc24)-c2ccccc2-3)cc1.CCc1ccc(C)cc1C. The molecular weight excluding hydrogens is 777 g/mol. The maximum Gasteiger partial charge on any atom is 0.0195 e. The largest absolute Gasteiger partial charge is 0.0974 e. The molecule has 63 heavy (non-hydrogen) atoms. The van der Waals surface area contributed by atoms with E-state index in [1.165, 1.54) is 111 Å². The number of hydrogen-bond donors (Lipinski definition) is 0. The molecule has 8 aromatic rings. The zero-order valence-corrected chi connectivity index (χ0v) is 39.0. The van der Waals surface area contributed by atoms with E-state index in [1.54, 1.807) is 11.8 Å². The van der Waals surface area contributed by atoms with Gasteiger partial charge in [-0.1, -0.05) is 233 Å². The summed E-state index contributed by atoms with van der Waals surface area (Å²) in [6, 6.07) is 59.9. The average Bonchev–Trinajstić information content (AvgIpc) is 3.65. The van der Waals surface area contributed by atoms with Gasteiger partial charge in [-0.15, -0.1) is 0 Å². The molecule has 0 saturated heterocycles. The molecule has 8 aromatic carbocycles. The minimum Gasteiger partial charge on any atom is -0.0974 e. The number of rotatable bonds is 6. The second kappa shape index (κ2) is 21.1. The fraction of sp³-hybridized carbons (Fsp3) is 0.161. The summed E-state index contributed by atoms with van der Waals surface area (Å²) in [6.45, 7) is 19.1. The smallest absolute Gasteiger partial charge is 0.0195 e. The van der Waals surface area contributed by atoms with Crippen molar-refractivity contribution >= 4 is 28.1 Å². The summed E-state index contributed by atoms with van der Waals surface area (Å²) in [6.07, 6.45) is 9.65. The van der Waals surface area contributed by atoms with Gasteiger partial charge in [0.1, 0.15) is 0 Å². The van der Waals surface area contributed by atoms with Gasteiger partial charge in [0.05, 0.1) is 0 Å². The minimum absolute atomic E-state index is 1.05. The molecule has 0 radical (unpaired) electrons. The number of thioether (sulfide) groups is 1. The Kier molecular flexibility index (Phi) is 15.0. The van der Waals surface area contributed by atoms with Crippen LogP contribution >= 0.6 is 11.8 Å². The molecule has 0 bridgehead atoms. The van der Waals surface area contributed by atoms with Crippen LogP contribution in [0.15, 0.2) is 199 Å². The van der Waals surface area contributed by atoms with Crippen molar-refractivity contribution in [3.8, 4) is 55.6 Å². The van der Waals surface area contributed by atoms with Gasteiger partial charge in [0.25, 0.3) is 0 Å². The van der Waals surface area contributed by atoms with Crippen LogP contribution in [0, 0.1) is 20.8 Å². The van der Waals surface area contributed by atoms with E-state index in [1.807, 2.05) is 19.9 Å². The molecule has 0 amide bonds. The lowest BCUT2D eigenvalue weighted by molar-refractivity contribution is 0.922. The number of aryl methyl sites for hydroxylation is 5. The summed E-state index contributed by atoms with van der Waals surface area (Å²) in [5.74, 6) is 0. The summed E-state index contributed by atoms with van der Waals surface area (Å²) in [4.78, 5) is 1.25. The van der Waals surface area contributed by atoms with Gasteiger partial charge >= 0.3 is 0 Å². The molecule has 0 fully saturated rings. The van der Waals surface area contributed by atoms with Crippen LogP contribution in [0.2, 0.25) is 0 Å². The van der Waals surface area contributed by atoms with E-state index in [4.69, 9.17) is 0 Å². The molecule has 1 aliphatic heterocycles. The van der Waals surface area contributed by atoms with Crippen LogP contribution < -0.4 is 0 Å². The van der Waals surface area contributed by atoms with Crippen molar-refractivity contribution in [3.63, 3.8) is 0 Å². The van der Waals surface area contributed by atoms with Crippen molar-refractivity contribution in [2.45, 2.75) is 72.6 Å². The third-order valence-electron chi connectivity index (χ3n) is 11.8. The molecule has 0 N–H and O–H groups in total. The first kappa shape index (κ1) is 44.6. The Hall–Kier alpha value is -6.41. The zero-order chi connectivity index (χ0) is 44.3. The molecule has 314 valence electrons. The van der Waals surface area contributed by atoms with Gasteiger partial charge in [-0.2, -0.15) is 0 Å². The molecule has 1 heteroatoms. The third-order valence-corrected chi connectivity index (χ3v) is 12.7. The molecule has 1 heterocycles. The van der Waals surface area contributed by atoms with Gasteiger partial charge in [-0.25, -0.2) is 0 Å². The minimum atomic E-state index is 1.05. The Labute approximate surface area is 381 Å². The molecule has 0 aromatic heterocycles. The lowest BCUT2D eigenvalue weighted by Crippen LogP contribution is -1.88. The van der Waals surface area contributed by atoms with E-state index >= 15 is 0 Å². The van der Waals surface area contributed by atoms with E-state index in [9.17, 15) is 0 Å². The number of allylic oxidation sites excluding steroid dienone is 4. The Morgan fingerprint density at radius 3 is 1.70 bits per heavy atom. The highest BCUT2D eigenvalue weighted by molar-refractivity contribution is 8.02. The summed E-state index contributed by atoms with van der Waals surface area (Å²) in [5, 5.41) is 4.87. The zero-order valence-electron chi connectivity index (χ0n) is 38.1. The van der Waals surface area contributed by atoms with Crippen LogP contribution in [-0.2, 0) is 12.8 Å². The Balaban J connectivity index is 0.000000151. The van der Waals surface area contributed by atoms with Crippen molar-refractivity contribution in [2.24, 2.45) is 0 Å². The number of hydrogen-bond acceptors (Lipinski definition) is 1. The van der Waals surface area contributed by atoms with Gasteiger partial charge in [-0.3, -0.25) is 0 Å². The van der Waals surface area contributed by atoms with Gasteiger partial charge in [-0.05, 0) is 145 Å². The van der Waals surface area contributed by atoms with E-state index in [0.29, 0.717) is 0 Å². The first-order valence-electron chi connectivity index (χ1n) is 22.6. The number of benzene rings is 8. The number of fused-ring (bicyclic) bond motifs is 4. The Morgan fingerprint density at radius 1 is 0.476 bits per heavy atom. The molecule has 0 nitrogen and oxygen atoms in total. The van der Waals surface area contributed by atoms with Crippen LogP contribution in [0.3, 0.4) is 0 Å². The van der Waals surface area contributed by atoms with Crippen molar-refractivity contribution in [3.05, 3.63) is 227 Å². The summed E-state index contributed by atoms with van der Waals surface area (Å²) in [7, 11) is 0. The molecule has 0 saturated carbocycles. The quantitative estimate of drug-likeness (QED) is 0.161. The lowest BCUT2D eigenvalue weighted by Gasteiger charge is -2.12. The standard InChI is InChI=1S/C25H20S.C25H20.C10H14.C2H6/c1-18-6-8-20(9-7-18)21-10-12-22(13-11-21)23-14-15-25-24(17-23)19(2)5-3-4-16-26-25;1-2-6-17-11-13-18(14-12-17)19-15-16-24-21-8-4-3-7-20(21)23-10-5-9-22(19)25(23)24;1-4-10-6-5-8(2)7-9(10)3;1-2/h3-17H,2H2,1H3;3-5,7-16H,2,6H2,1H3;5-7H,4H2,1-3H3;1-2H3/b5-3-,16-4-;;;. The molecule has 0 unspecified atom stereocenters. The van der Waals surface area contributed by atoms with Crippen LogP contribution in [0.25, 0.3) is 72.0 Å². The molecule has 1 aliphatic carbocycles. The van der Waals surface area contributed by atoms with E-state index in [2.05, 4.69) is 223 Å². The van der Waals surface area contributed by atoms with Gasteiger partial charge < -0.3 is 0 Å². The van der Waals surface area contributed by atoms with Crippen LogP contribution in [-0.4, -0.2) is 0 Å². The first-order valence-corrected chi connectivity index (χ1v) is 23.5. The highest BCUT2D eigenvalue weighted by Gasteiger charge is 2.22. The van der Waals surface area contributed by atoms with Crippen molar-refractivity contribution in [1.82, 2.24) is 0 Å². The maximum atomic E-state index is 4.22. The van der Waals surface area contributed by atoms with Crippen LogP contribution in [0.1, 0.15) is 67.5 Å². The highest BCUT2D eigenvalue weighted by atomic mass is 32.2. The van der Waals surface area contributed by atoms with Gasteiger partial charge in [0, 0.05) is 4.90 Å². The van der Waals surface area contributed by atoms with Gasteiger partial charge in [0.15, 0.2) is 0 Å². The fourth-order valence-electron chi connectivity index (χ4n) is 8.53. The van der Waals surface area contributed by atoms with Crippen molar-refractivity contribution in [2.75, 3.05) is 0 Å². The summed E-state index contributed by atoms with van der Waals surface area (Å²) in [5.41, 5.74) is 22.2. The molecule has 0 spiro atoms. The second-order valence-electron chi connectivity index (χ2n) is 16.1. The topological polar surface area (TPSA) is 0 Å². The van der Waals surface area contributed by atoms with E-state index in [-0.39, 0.29) is 0 Å². The maximum absolute atomic E-state index is 4.22. The molecular formula is C62H60S. The second-order valence-corrected chi connectivity index (χ2v) is 17.1. The predicted octanol–water partition coefficient (Wildman–Crippen LogP) is 18.5. The molecule has 0 atom stereocenters. The fourth-order valence-corrected chi connectivity index (χ4v) is 9.31. The highest BCUT2D eigenvalue weighted by Crippen LogP contribution is 2.49. The van der Waals surface area contributed by atoms with Crippen molar-refractivity contribution < 1.29 is 0 Å². The molecule has 2 aliphatic rings. The monoisotopic (exact) mass is 836 g/mol.